The van der Waals surface area contributed by atoms with Crippen LogP contribution in [0.4, 0.5) is 17.6 Å². The van der Waals surface area contributed by atoms with Crippen LogP contribution < -0.4 is 0 Å². The number of nitrogens with zero attached hydrogens (tertiary/aromatic N) is 1. The standard InChI is InChI=1S/C23H21F4N/c1-2-14-3-6-16(7-4-14)17-11-22(26)18(23(27)12-17)8-5-15-9-20(24)19(13-28)21(25)10-15/h2,9-12,14,16H,1,3-8H2. The second-order valence-corrected chi connectivity index (χ2v) is 7.36. The SMILES string of the molecule is C=CC1CCC(c2cc(F)c(CCc3cc(F)c(C#N)c(F)c3)c(F)c2)CC1. The van der Waals surface area contributed by atoms with Crippen molar-refractivity contribution in [3.05, 3.63) is 82.4 Å². The molecule has 0 atom stereocenters. The number of rotatable bonds is 5. The molecule has 0 unspecified atom stereocenters. The van der Waals surface area contributed by atoms with E-state index >= 15 is 0 Å². The van der Waals surface area contributed by atoms with Crippen LogP contribution in [-0.4, -0.2) is 0 Å². The van der Waals surface area contributed by atoms with E-state index in [1.807, 2.05) is 6.08 Å². The molecule has 0 aliphatic heterocycles. The van der Waals surface area contributed by atoms with Crippen LogP contribution in [0.25, 0.3) is 0 Å². The summed E-state index contributed by atoms with van der Waals surface area (Å²) in [4.78, 5) is 0. The van der Waals surface area contributed by atoms with E-state index in [9.17, 15) is 17.6 Å². The molecule has 28 heavy (non-hydrogen) atoms. The molecule has 0 saturated heterocycles. The molecule has 2 aromatic carbocycles. The van der Waals surface area contributed by atoms with Gasteiger partial charge in [-0.1, -0.05) is 6.08 Å². The van der Waals surface area contributed by atoms with Gasteiger partial charge in [0.1, 0.15) is 34.9 Å². The Morgan fingerprint density at radius 3 is 1.96 bits per heavy atom. The third kappa shape index (κ3) is 4.27. The fourth-order valence-corrected chi connectivity index (χ4v) is 3.93. The van der Waals surface area contributed by atoms with Crippen LogP contribution in [0, 0.1) is 40.5 Å². The van der Waals surface area contributed by atoms with Gasteiger partial charge >= 0.3 is 0 Å². The summed E-state index contributed by atoms with van der Waals surface area (Å²) >= 11 is 0. The van der Waals surface area contributed by atoms with Gasteiger partial charge in [0.2, 0.25) is 0 Å². The van der Waals surface area contributed by atoms with E-state index in [2.05, 4.69) is 6.58 Å². The molecular formula is C23H21F4N. The van der Waals surface area contributed by atoms with Gasteiger partial charge in [0.05, 0.1) is 0 Å². The normalized spacial score (nSPS) is 19.2. The lowest BCUT2D eigenvalue weighted by atomic mass is 9.78. The number of benzene rings is 2. The van der Waals surface area contributed by atoms with E-state index < -0.39 is 28.8 Å². The van der Waals surface area contributed by atoms with Crippen molar-refractivity contribution in [3.63, 3.8) is 0 Å². The maximum Gasteiger partial charge on any atom is 0.144 e. The van der Waals surface area contributed by atoms with Crippen LogP contribution in [0.3, 0.4) is 0 Å². The average molecular weight is 387 g/mol. The van der Waals surface area contributed by atoms with Crippen molar-refractivity contribution in [3.8, 4) is 6.07 Å². The van der Waals surface area contributed by atoms with E-state index in [1.54, 1.807) is 0 Å². The minimum Gasteiger partial charge on any atom is -0.207 e. The summed E-state index contributed by atoms with van der Waals surface area (Å²) in [6, 6.07) is 6.29. The molecule has 0 radical (unpaired) electrons. The monoisotopic (exact) mass is 387 g/mol. The number of hydrogen-bond donors (Lipinski definition) is 0. The molecule has 0 amide bonds. The zero-order valence-electron chi connectivity index (χ0n) is 15.5. The van der Waals surface area contributed by atoms with Crippen molar-refractivity contribution in [2.45, 2.75) is 44.4 Å². The minimum absolute atomic E-state index is 0.0219. The Morgan fingerprint density at radius 1 is 0.893 bits per heavy atom. The van der Waals surface area contributed by atoms with Gasteiger partial charge in [-0.05, 0) is 85.8 Å². The number of hydrogen-bond acceptors (Lipinski definition) is 1. The van der Waals surface area contributed by atoms with Gasteiger partial charge in [0.15, 0.2) is 0 Å². The maximum atomic E-state index is 14.5. The van der Waals surface area contributed by atoms with Crippen molar-refractivity contribution < 1.29 is 17.6 Å². The fraction of sp³-hybridized carbons (Fsp3) is 0.348. The Hall–Kier alpha value is -2.61. The highest BCUT2D eigenvalue weighted by atomic mass is 19.1. The van der Waals surface area contributed by atoms with Crippen LogP contribution in [-0.2, 0) is 12.8 Å². The van der Waals surface area contributed by atoms with Crippen LogP contribution in [0.1, 0.15) is 53.9 Å². The molecule has 5 heteroatoms. The molecule has 0 aromatic heterocycles. The first-order chi connectivity index (χ1) is 13.4. The van der Waals surface area contributed by atoms with Gasteiger partial charge in [-0.25, -0.2) is 17.6 Å². The molecule has 2 aromatic rings. The molecule has 3 rings (SSSR count). The predicted molar refractivity (Wildman–Crippen MR) is 99.7 cm³/mol. The second kappa shape index (κ2) is 8.60. The van der Waals surface area contributed by atoms with E-state index in [4.69, 9.17) is 5.26 Å². The van der Waals surface area contributed by atoms with Crippen LogP contribution in [0.2, 0.25) is 0 Å². The Balaban J connectivity index is 1.74. The Labute approximate surface area is 162 Å². The van der Waals surface area contributed by atoms with Gasteiger partial charge in [-0.15, -0.1) is 6.58 Å². The topological polar surface area (TPSA) is 23.8 Å². The highest BCUT2D eigenvalue weighted by Gasteiger charge is 2.23. The molecule has 1 aliphatic carbocycles. The van der Waals surface area contributed by atoms with Crippen molar-refractivity contribution >= 4 is 0 Å². The zero-order chi connectivity index (χ0) is 20.3. The average Bonchev–Trinajstić information content (AvgIpc) is 2.67. The molecule has 1 fully saturated rings. The van der Waals surface area contributed by atoms with Crippen LogP contribution >= 0.6 is 0 Å². The molecular weight excluding hydrogens is 366 g/mol. The van der Waals surface area contributed by atoms with E-state index in [1.165, 1.54) is 18.2 Å². The molecule has 0 spiro atoms. The largest absolute Gasteiger partial charge is 0.207 e. The van der Waals surface area contributed by atoms with Gasteiger partial charge in [0, 0.05) is 5.56 Å². The summed E-state index contributed by atoms with van der Waals surface area (Å²) in [5.41, 5.74) is 0.168. The van der Waals surface area contributed by atoms with Crippen LogP contribution in [0.5, 0.6) is 0 Å². The number of halogens is 4. The molecule has 1 aliphatic rings. The third-order valence-electron chi connectivity index (χ3n) is 5.62. The lowest BCUT2D eigenvalue weighted by Crippen LogP contribution is -2.12. The minimum atomic E-state index is -0.969. The van der Waals surface area contributed by atoms with Gasteiger partial charge < -0.3 is 0 Å². The van der Waals surface area contributed by atoms with E-state index in [0.29, 0.717) is 11.5 Å². The Kier molecular flexibility index (Phi) is 6.18. The van der Waals surface area contributed by atoms with Crippen molar-refractivity contribution in [2.75, 3.05) is 0 Å². The number of aryl methyl sites for hydroxylation is 1. The lowest BCUT2D eigenvalue weighted by molar-refractivity contribution is 0.374. The smallest absolute Gasteiger partial charge is 0.144 e. The maximum absolute atomic E-state index is 14.5. The summed E-state index contributed by atoms with van der Waals surface area (Å²) in [7, 11) is 0. The summed E-state index contributed by atoms with van der Waals surface area (Å²) < 4.78 is 56.5. The van der Waals surface area contributed by atoms with E-state index in [0.717, 1.165) is 37.8 Å². The number of allylic oxidation sites excluding steroid dienone is 1. The molecule has 1 saturated carbocycles. The number of nitriles is 1. The molecule has 0 N–H and O–H groups in total. The molecule has 146 valence electrons. The van der Waals surface area contributed by atoms with Crippen molar-refractivity contribution in [2.24, 2.45) is 5.92 Å². The van der Waals surface area contributed by atoms with Gasteiger partial charge in [-0.3, -0.25) is 0 Å². The van der Waals surface area contributed by atoms with Crippen LogP contribution in [0.15, 0.2) is 36.9 Å². The highest BCUT2D eigenvalue weighted by molar-refractivity contribution is 5.36. The molecule has 0 heterocycles. The molecule has 0 bridgehead atoms. The third-order valence-corrected chi connectivity index (χ3v) is 5.62. The quantitative estimate of drug-likeness (QED) is 0.433. The Morgan fingerprint density at radius 2 is 1.46 bits per heavy atom. The first-order valence-electron chi connectivity index (χ1n) is 9.41. The summed E-state index contributed by atoms with van der Waals surface area (Å²) in [5.74, 6) is -2.59. The fourth-order valence-electron chi connectivity index (χ4n) is 3.93. The van der Waals surface area contributed by atoms with Crippen molar-refractivity contribution in [1.82, 2.24) is 0 Å². The van der Waals surface area contributed by atoms with Crippen molar-refractivity contribution in [1.29, 1.82) is 5.26 Å². The Bertz CT molecular complexity index is 875. The zero-order valence-corrected chi connectivity index (χ0v) is 15.5. The second-order valence-electron chi connectivity index (χ2n) is 7.36. The molecule has 1 nitrogen and oxygen atoms in total. The first-order valence-corrected chi connectivity index (χ1v) is 9.41. The van der Waals surface area contributed by atoms with Gasteiger partial charge in [-0.2, -0.15) is 5.26 Å². The van der Waals surface area contributed by atoms with E-state index in [-0.39, 0.29) is 29.9 Å². The summed E-state index contributed by atoms with van der Waals surface area (Å²) in [5, 5.41) is 8.70. The first kappa shape index (κ1) is 20.1. The predicted octanol–water partition coefficient (Wildman–Crippen LogP) is 6.36. The highest BCUT2D eigenvalue weighted by Crippen LogP contribution is 2.37. The summed E-state index contributed by atoms with van der Waals surface area (Å²) in [6.07, 6.45) is 5.67. The lowest BCUT2D eigenvalue weighted by Gasteiger charge is -2.27. The summed E-state index contributed by atoms with van der Waals surface area (Å²) in [6.45, 7) is 3.81. The van der Waals surface area contributed by atoms with Gasteiger partial charge in [0.25, 0.3) is 0 Å².